The van der Waals surface area contributed by atoms with Crippen LogP contribution in [0.2, 0.25) is 0 Å². The van der Waals surface area contributed by atoms with E-state index >= 15 is 0 Å². The third kappa shape index (κ3) is 2.80. The topological polar surface area (TPSA) is 26.0 Å². The molecule has 1 unspecified atom stereocenters. The minimum Gasteiger partial charge on any atom is -0.320 e. The van der Waals surface area contributed by atoms with Crippen molar-refractivity contribution in [1.82, 2.24) is 0 Å². The van der Waals surface area contributed by atoms with Crippen LogP contribution in [0.1, 0.15) is 22.7 Å². The van der Waals surface area contributed by atoms with Gasteiger partial charge in [0.25, 0.3) is 0 Å². The lowest BCUT2D eigenvalue weighted by Crippen LogP contribution is -2.19. The summed E-state index contributed by atoms with van der Waals surface area (Å²) in [5.41, 5.74) is 4.32. The van der Waals surface area contributed by atoms with E-state index in [2.05, 4.69) is 0 Å². The first kappa shape index (κ1) is 14.5. The molecule has 0 spiro atoms. The summed E-state index contributed by atoms with van der Waals surface area (Å²) in [6, 6.07) is 5.91. The van der Waals surface area contributed by atoms with Crippen molar-refractivity contribution in [2.45, 2.75) is 12.2 Å². The highest BCUT2D eigenvalue weighted by atomic mass is 19.4. The molecule has 0 radical (unpaired) electrons. The number of hydrogen-bond acceptors (Lipinski definition) is 1. The van der Waals surface area contributed by atoms with Crippen LogP contribution in [0.3, 0.4) is 0 Å². The van der Waals surface area contributed by atoms with E-state index in [1.165, 1.54) is 18.2 Å². The summed E-state index contributed by atoms with van der Waals surface area (Å²) >= 11 is 0. The largest absolute Gasteiger partial charge is 0.416 e. The molecule has 0 aliphatic carbocycles. The van der Waals surface area contributed by atoms with Crippen LogP contribution >= 0.6 is 0 Å². The van der Waals surface area contributed by atoms with Gasteiger partial charge in [-0.1, -0.05) is 24.3 Å². The molecule has 0 aliphatic rings. The van der Waals surface area contributed by atoms with Crippen molar-refractivity contribution in [3.63, 3.8) is 0 Å². The summed E-state index contributed by atoms with van der Waals surface area (Å²) in [5.74, 6) is -1.79. The average Bonchev–Trinajstić information content (AvgIpc) is 2.37. The highest BCUT2D eigenvalue weighted by Crippen LogP contribution is 2.36. The monoisotopic (exact) mass is 287 g/mol. The molecule has 1 atom stereocenters. The Morgan fingerprint density at radius 1 is 0.900 bits per heavy atom. The van der Waals surface area contributed by atoms with Crippen LogP contribution in [0.25, 0.3) is 0 Å². The maximum Gasteiger partial charge on any atom is 0.416 e. The van der Waals surface area contributed by atoms with Crippen LogP contribution in [-0.2, 0) is 6.18 Å². The molecule has 0 amide bonds. The molecule has 0 saturated carbocycles. The Morgan fingerprint density at radius 3 is 2.15 bits per heavy atom. The van der Waals surface area contributed by atoms with Crippen LogP contribution in [0.4, 0.5) is 22.0 Å². The van der Waals surface area contributed by atoms with E-state index in [0.29, 0.717) is 6.07 Å². The van der Waals surface area contributed by atoms with Gasteiger partial charge in [0, 0.05) is 11.6 Å². The zero-order valence-electron chi connectivity index (χ0n) is 10.1. The Morgan fingerprint density at radius 2 is 1.55 bits per heavy atom. The van der Waals surface area contributed by atoms with Crippen LogP contribution in [-0.4, -0.2) is 0 Å². The fourth-order valence-corrected chi connectivity index (χ4v) is 1.95. The van der Waals surface area contributed by atoms with Gasteiger partial charge in [0.2, 0.25) is 0 Å². The number of alkyl halides is 3. The first-order valence-corrected chi connectivity index (χ1v) is 5.67. The van der Waals surface area contributed by atoms with Gasteiger partial charge < -0.3 is 5.73 Å². The SMILES string of the molecule is NC(c1ccc(F)cc1F)c1ccccc1C(F)(F)F. The maximum absolute atomic E-state index is 13.6. The maximum atomic E-state index is 13.6. The summed E-state index contributed by atoms with van der Waals surface area (Å²) in [4.78, 5) is 0. The van der Waals surface area contributed by atoms with Crippen molar-refractivity contribution in [3.8, 4) is 0 Å². The van der Waals surface area contributed by atoms with Crippen LogP contribution in [0.5, 0.6) is 0 Å². The molecule has 0 saturated heterocycles. The third-order valence-corrected chi connectivity index (χ3v) is 2.90. The lowest BCUT2D eigenvalue weighted by Gasteiger charge is -2.19. The molecular weight excluding hydrogens is 277 g/mol. The van der Waals surface area contributed by atoms with E-state index < -0.39 is 29.4 Å². The standard InChI is InChI=1S/C14H10F5N/c15-8-5-6-10(12(16)7-8)13(20)9-3-1-2-4-11(9)14(17,18)19/h1-7,13H,20H2. The van der Waals surface area contributed by atoms with Crippen molar-refractivity contribution < 1.29 is 22.0 Å². The number of rotatable bonds is 2. The van der Waals surface area contributed by atoms with E-state index in [9.17, 15) is 22.0 Å². The first-order chi connectivity index (χ1) is 9.30. The molecule has 2 aromatic carbocycles. The zero-order chi connectivity index (χ0) is 14.9. The quantitative estimate of drug-likeness (QED) is 0.829. The van der Waals surface area contributed by atoms with Crippen molar-refractivity contribution in [3.05, 3.63) is 70.8 Å². The Balaban J connectivity index is 2.51. The fraction of sp³-hybridized carbons (Fsp3) is 0.143. The molecular formula is C14H10F5N. The molecule has 2 rings (SSSR count). The van der Waals surface area contributed by atoms with Crippen LogP contribution in [0, 0.1) is 11.6 Å². The number of hydrogen-bond donors (Lipinski definition) is 1. The Hall–Kier alpha value is -1.95. The number of benzene rings is 2. The van der Waals surface area contributed by atoms with Gasteiger partial charge >= 0.3 is 6.18 Å². The second-order valence-electron chi connectivity index (χ2n) is 4.23. The van der Waals surface area contributed by atoms with Gasteiger partial charge in [-0.25, -0.2) is 8.78 Å². The highest BCUT2D eigenvalue weighted by Gasteiger charge is 2.34. The molecule has 2 N–H and O–H groups in total. The molecule has 0 aromatic heterocycles. The number of halogens is 5. The van der Waals surface area contributed by atoms with Crippen LogP contribution in [0.15, 0.2) is 42.5 Å². The Kier molecular flexibility index (Phi) is 3.76. The minimum atomic E-state index is -4.59. The van der Waals surface area contributed by atoms with Crippen molar-refractivity contribution in [1.29, 1.82) is 0 Å². The van der Waals surface area contributed by atoms with Gasteiger partial charge in [0.15, 0.2) is 0 Å². The van der Waals surface area contributed by atoms with E-state index in [4.69, 9.17) is 5.73 Å². The Labute approximate surface area is 111 Å². The second kappa shape index (κ2) is 5.20. The smallest absolute Gasteiger partial charge is 0.320 e. The van der Waals surface area contributed by atoms with E-state index in [-0.39, 0.29) is 11.1 Å². The molecule has 0 aliphatic heterocycles. The van der Waals surface area contributed by atoms with Gasteiger partial charge in [-0.3, -0.25) is 0 Å². The van der Waals surface area contributed by atoms with Gasteiger partial charge in [0.1, 0.15) is 11.6 Å². The molecule has 2 aromatic rings. The van der Waals surface area contributed by atoms with Crippen LogP contribution < -0.4 is 5.73 Å². The fourth-order valence-electron chi connectivity index (χ4n) is 1.95. The molecule has 0 heterocycles. The van der Waals surface area contributed by atoms with Gasteiger partial charge in [0.05, 0.1) is 11.6 Å². The van der Waals surface area contributed by atoms with Crippen molar-refractivity contribution in [2.24, 2.45) is 5.73 Å². The predicted octanol–water partition coefficient (Wildman–Crippen LogP) is 4.03. The molecule has 0 bridgehead atoms. The molecule has 20 heavy (non-hydrogen) atoms. The zero-order valence-corrected chi connectivity index (χ0v) is 10.1. The third-order valence-electron chi connectivity index (χ3n) is 2.90. The summed E-state index contributed by atoms with van der Waals surface area (Å²) in [6.45, 7) is 0. The average molecular weight is 287 g/mol. The number of nitrogens with two attached hydrogens (primary N) is 1. The predicted molar refractivity (Wildman–Crippen MR) is 63.8 cm³/mol. The van der Waals surface area contributed by atoms with Crippen molar-refractivity contribution >= 4 is 0 Å². The summed E-state index contributed by atoms with van der Waals surface area (Å²) in [7, 11) is 0. The first-order valence-electron chi connectivity index (χ1n) is 5.67. The Bertz CT molecular complexity index is 621. The molecule has 6 heteroatoms. The van der Waals surface area contributed by atoms with Crippen molar-refractivity contribution in [2.75, 3.05) is 0 Å². The molecule has 106 valence electrons. The minimum absolute atomic E-state index is 0.192. The van der Waals surface area contributed by atoms with Gasteiger partial charge in [-0.05, 0) is 17.7 Å². The normalized spacial score (nSPS) is 13.3. The lowest BCUT2D eigenvalue weighted by molar-refractivity contribution is -0.138. The van der Waals surface area contributed by atoms with E-state index in [0.717, 1.165) is 18.2 Å². The summed E-state index contributed by atoms with van der Waals surface area (Å²) in [5, 5.41) is 0. The van der Waals surface area contributed by atoms with E-state index in [1.54, 1.807) is 0 Å². The molecule has 1 nitrogen and oxygen atoms in total. The summed E-state index contributed by atoms with van der Waals surface area (Å²) < 4.78 is 65.1. The van der Waals surface area contributed by atoms with Gasteiger partial charge in [-0.15, -0.1) is 0 Å². The molecule has 0 fully saturated rings. The highest BCUT2D eigenvalue weighted by molar-refractivity contribution is 5.39. The second-order valence-corrected chi connectivity index (χ2v) is 4.23. The van der Waals surface area contributed by atoms with E-state index in [1.807, 2.05) is 0 Å². The van der Waals surface area contributed by atoms with Gasteiger partial charge in [-0.2, -0.15) is 13.2 Å². The lowest BCUT2D eigenvalue weighted by atomic mass is 9.94. The summed E-state index contributed by atoms with van der Waals surface area (Å²) in [6.07, 6.45) is -4.59.